The summed E-state index contributed by atoms with van der Waals surface area (Å²) in [5.41, 5.74) is -0.514. The predicted molar refractivity (Wildman–Crippen MR) is 61.7 cm³/mol. The number of hydrogen-bond acceptors (Lipinski definition) is 2. The summed E-state index contributed by atoms with van der Waals surface area (Å²) < 4.78 is 0. The zero-order valence-electron chi connectivity index (χ0n) is 10.0. The molecule has 1 N–H and O–H groups in total. The van der Waals surface area contributed by atoms with Crippen LogP contribution in [0.15, 0.2) is 0 Å². The number of aliphatic hydroxyl groups is 1. The lowest BCUT2D eigenvalue weighted by molar-refractivity contribution is -0.112. The number of hydrogen-bond donors (Lipinski definition) is 1. The standard InChI is InChI=1S/C13H24O2/c1-13(2,15)9-3-4-11-5-7-12(10-14)8-6-11/h10-12,15H,3-9H2,1-2H3. The molecular formula is C13H24O2. The molecule has 0 aromatic rings. The minimum atomic E-state index is -0.514. The van der Waals surface area contributed by atoms with E-state index in [2.05, 4.69) is 0 Å². The fraction of sp³-hybridized carbons (Fsp3) is 0.923. The molecule has 0 spiro atoms. The van der Waals surface area contributed by atoms with Crippen molar-refractivity contribution in [3.63, 3.8) is 0 Å². The average Bonchev–Trinajstić information content (AvgIpc) is 2.17. The van der Waals surface area contributed by atoms with Crippen molar-refractivity contribution in [1.82, 2.24) is 0 Å². The van der Waals surface area contributed by atoms with Crippen LogP contribution in [0.25, 0.3) is 0 Å². The molecule has 0 saturated heterocycles. The smallest absolute Gasteiger partial charge is 0.123 e. The van der Waals surface area contributed by atoms with Crippen LogP contribution in [0.2, 0.25) is 0 Å². The van der Waals surface area contributed by atoms with E-state index in [0.717, 1.165) is 37.9 Å². The van der Waals surface area contributed by atoms with E-state index in [9.17, 15) is 9.90 Å². The lowest BCUT2D eigenvalue weighted by atomic mass is 9.80. The molecule has 0 heterocycles. The van der Waals surface area contributed by atoms with Crippen LogP contribution in [0.3, 0.4) is 0 Å². The van der Waals surface area contributed by atoms with Gasteiger partial charge in [-0.3, -0.25) is 0 Å². The van der Waals surface area contributed by atoms with Crippen molar-refractivity contribution in [2.45, 2.75) is 64.4 Å². The first-order valence-corrected chi connectivity index (χ1v) is 6.19. The van der Waals surface area contributed by atoms with Crippen molar-refractivity contribution < 1.29 is 9.90 Å². The Morgan fingerprint density at radius 3 is 2.33 bits per heavy atom. The van der Waals surface area contributed by atoms with Crippen LogP contribution in [0, 0.1) is 11.8 Å². The van der Waals surface area contributed by atoms with E-state index < -0.39 is 5.60 Å². The molecule has 1 rings (SSSR count). The van der Waals surface area contributed by atoms with Crippen LogP contribution in [-0.4, -0.2) is 17.0 Å². The molecule has 1 fully saturated rings. The molecule has 1 saturated carbocycles. The summed E-state index contributed by atoms with van der Waals surface area (Å²) in [4.78, 5) is 10.6. The van der Waals surface area contributed by atoms with Gasteiger partial charge in [-0.2, -0.15) is 0 Å². The maximum Gasteiger partial charge on any atom is 0.123 e. The van der Waals surface area contributed by atoms with Gasteiger partial charge in [0.1, 0.15) is 6.29 Å². The van der Waals surface area contributed by atoms with Gasteiger partial charge in [0, 0.05) is 5.92 Å². The molecule has 0 unspecified atom stereocenters. The fourth-order valence-corrected chi connectivity index (χ4v) is 2.44. The summed E-state index contributed by atoms with van der Waals surface area (Å²) in [6, 6.07) is 0. The highest BCUT2D eigenvalue weighted by Gasteiger charge is 2.21. The zero-order valence-corrected chi connectivity index (χ0v) is 10.0. The molecule has 0 radical (unpaired) electrons. The van der Waals surface area contributed by atoms with E-state index in [1.807, 2.05) is 13.8 Å². The van der Waals surface area contributed by atoms with E-state index in [1.54, 1.807) is 0 Å². The summed E-state index contributed by atoms with van der Waals surface area (Å²) in [5, 5.41) is 9.58. The second-order valence-electron chi connectivity index (χ2n) is 5.62. The minimum Gasteiger partial charge on any atom is -0.390 e. The highest BCUT2D eigenvalue weighted by atomic mass is 16.3. The first-order chi connectivity index (χ1) is 7.01. The molecule has 0 aromatic carbocycles. The number of aldehydes is 1. The van der Waals surface area contributed by atoms with Gasteiger partial charge in [-0.1, -0.05) is 12.8 Å². The molecule has 88 valence electrons. The maximum absolute atomic E-state index is 10.6. The first kappa shape index (κ1) is 12.7. The van der Waals surface area contributed by atoms with Crippen molar-refractivity contribution in [3.05, 3.63) is 0 Å². The SMILES string of the molecule is CC(C)(O)CCCC1CCC(C=O)CC1. The van der Waals surface area contributed by atoms with Gasteiger partial charge in [0.2, 0.25) is 0 Å². The molecule has 1 aliphatic rings. The normalized spacial score (nSPS) is 27.7. The Bertz CT molecular complexity index is 185. The summed E-state index contributed by atoms with van der Waals surface area (Å²) in [6.07, 6.45) is 8.90. The summed E-state index contributed by atoms with van der Waals surface area (Å²) in [7, 11) is 0. The molecule has 0 aromatic heterocycles. The third-order valence-electron chi connectivity index (χ3n) is 3.48. The Hall–Kier alpha value is -0.370. The second kappa shape index (κ2) is 5.64. The summed E-state index contributed by atoms with van der Waals surface area (Å²) in [6.45, 7) is 3.74. The van der Waals surface area contributed by atoms with Crippen molar-refractivity contribution in [2.75, 3.05) is 0 Å². The van der Waals surface area contributed by atoms with Gasteiger partial charge in [0.25, 0.3) is 0 Å². The molecule has 2 nitrogen and oxygen atoms in total. The van der Waals surface area contributed by atoms with Gasteiger partial charge in [-0.25, -0.2) is 0 Å². The highest BCUT2D eigenvalue weighted by Crippen LogP contribution is 2.31. The van der Waals surface area contributed by atoms with Gasteiger partial charge in [-0.05, 0) is 51.9 Å². The van der Waals surface area contributed by atoms with Gasteiger partial charge in [-0.15, -0.1) is 0 Å². The summed E-state index contributed by atoms with van der Waals surface area (Å²) >= 11 is 0. The van der Waals surface area contributed by atoms with Crippen LogP contribution in [-0.2, 0) is 4.79 Å². The second-order valence-corrected chi connectivity index (χ2v) is 5.62. The van der Waals surface area contributed by atoms with Crippen molar-refractivity contribution in [1.29, 1.82) is 0 Å². The van der Waals surface area contributed by atoms with Crippen LogP contribution < -0.4 is 0 Å². The van der Waals surface area contributed by atoms with E-state index in [0.29, 0.717) is 5.92 Å². The van der Waals surface area contributed by atoms with Crippen molar-refractivity contribution in [2.24, 2.45) is 11.8 Å². The van der Waals surface area contributed by atoms with Crippen LogP contribution >= 0.6 is 0 Å². The van der Waals surface area contributed by atoms with Gasteiger partial charge in [0.05, 0.1) is 5.60 Å². The quantitative estimate of drug-likeness (QED) is 0.711. The molecular weight excluding hydrogens is 188 g/mol. The Balaban J connectivity index is 2.11. The Morgan fingerprint density at radius 2 is 1.87 bits per heavy atom. The minimum absolute atomic E-state index is 0.329. The van der Waals surface area contributed by atoms with Crippen molar-refractivity contribution in [3.8, 4) is 0 Å². The van der Waals surface area contributed by atoms with Crippen LogP contribution in [0.1, 0.15) is 58.8 Å². The van der Waals surface area contributed by atoms with Crippen LogP contribution in [0.4, 0.5) is 0 Å². The van der Waals surface area contributed by atoms with E-state index in [4.69, 9.17) is 0 Å². The highest BCUT2D eigenvalue weighted by molar-refractivity contribution is 5.53. The number of carbonyl (C=O) groups excluding carboxylic acids is 1. The Kier molecular flexibility index (Phi) is 4.78. The molecule has 0 atom stereocenters. The third kappa shape index (κ3) is 5.31. The molecule has 0 bridgehead atoms. The topological polar surface area (TPSA) is 37.3 Å². The summed E-state index contributed by atoms with van der Waals surface area (Å²) in [5.74, 6) is 1.12. The zero-order chi connectivity index (χ0) is 11.3. The molecule has 0 amide bonds. The molecule has 0 aliphatic heterocycles. The van der Waals surface area contributed by atoms with Crippen molar-refractivity contribution >= 4 is 6.29 Å². The van der Waals surface area contributed by atoms with Gasteiger partial charge in [0.15, 0.2) is 0 Å². The third-order valence-corrected chi connectivity index (χ3v) is 3.48. The maximum atomic E-state index is 10.6. The Morgan fingerprint density at radius 1 is 1.27 bits per heavy atom. The number of carbonyl (C=O) groups is 1. The van der Waals surface area contributed by atoms with Gasteiger partial charge >= 0.3 is 0 Å². The molecule has 1 aliphatic carbocycles. The predicted octanol–water partition coefficient (Wildman–Crippen LogP) is 2.93. The fourth-order valence-electron chi connectivity index (χ4n) is 2.44. The lowest BCUT2D eigenvalue weighted by Gasteiger charge is -2.26. The van der Waals surface area contributed by atoms with Crippen LogP contribution in [0.5, 0.6) is 0 Å². The lowest BCUT2D eigenvalue weighted by Crippen LogP contribution is -2.20. The largest absolute Gasteiger partial charge is 0.390 e. The number of rotatable bonds is 5. The molecule has 15 heavy (non-hydrogen) atoms. The first-order valence-electron chi connectivity index (χ1n) is 6.19. The molecule has 2 heteroatoms. The van der Waals surface area contributed by atoms with E-state index in [-0.39, 0.29) is 0 Å². The Labute approximate surface area is 93.1 Å². The van der Waals surface area contributed by atoms with E-state index >= 15 is 0 Å². The van der Waals surface area contributed by atoms with E-state index in [1.165, 1.54) is 19.3 Å². The monoisotopic (exact) mass is 212 g/mol. The van der Waals surface area contributed by atoms with Gasteiger partial charge < -0.3 is 9.90 Å². The average molecular weight is 212 g/mol.